The molecule has 4 nitrogen and oxygen atoms in total. The Kier molecular flexibility index (Phi) is 1.80. The average Bonchev–Trinajstić information content (AvgIpc) is 2.13. The Balaban J connectivity index is 2.67. The molecule has 0 fully saturated rings. The normalized spacial score (nSPS) is 9.80. The van der Waals surface area contributed by atoms with Crippen LogP contribution in [0.5, 0.6) is 0 Å². The second kappa shape index (κ2) is 2.60. The Morgan fingerprint density at radius 1 is 1.80 bits per heavy atom. The summed E-state index contributed by atoms with van der Waals surface area (Å²) in [7, 11) is 1.82. The van der Waals surface area contributed by atoms with Gasteiger partial charge in [-0.05, 0) is 6.92 Å². The third kappa shape index (κ3) is 1.65. The van der Waals surface area contributed by atoms with Crippen LogP contribution in [0.4, 0.5) is 0 Å². The molecule has 0 saturated heterocycles. The SMILES string of the molecule is CC(=O)C[n+]1cnn(C)c1. The molecule has 1 aromatic rings. The van der Waals surface area contributed by atoms with Gasteiger partial charge >= 0.3 is 0 Å². The van der Waals surface area contributed by atoms with Gasteiger partial charge in [0, 0.05) is 5.10 Å². The second-order valence-corrected chi connectivity index (χ2v) is 2.29. The summed E-state index contributed by atoms with van der Waals surface area (Å²) in [5.41, 5.74) is 0. The highest BCUT2D eigenvalue weighted by Crippen LogP contribution is 1.71. The van der Waals surface area contributed by atoms with Crippen molar-refractivity contribution in [3.8, 4) is 0 Å². The van der Waals surface area contributed by atoms with Crippen molar-refractivity contribution in [3.05, 3.63) is 12.7 Å². The number of hydrogen-bond acceptors (Lipinski definition) is 2. The molecule has 1 heterocycles. The minimum Gasteiger partial charge on any atom is -0.296 e. The zero-order valence-electron chi connectivity index (χ0n) is 6.11. The van der Waals surface area contributed by atoms with Crippen molar-refractivity contribution in [3.63, 3.8) is 0 Å². The van der Waals surface area contributed by atoms with Crippen molar-refractivity contribution in [1.82, 2.24) is 9.78 Å². The van der Waals surface area contributed by atoms with E-state index < -0.39 is 0 Å². The van der Waals surface area contributed by atoms with Crippen molar-refractivity contribution >= 4 is 5.78 Å². The Hall–Kier alpha value is -1.19. The van der Waals surface area contributed by atoms with Gasteiger partial charge in [-0.3, -0.25) is 4.79 Å². The molecule has 0 aliphatic rings. The number of nitrogens with zero attached hydrogens (tertiary/aromatic N) is 3. The zero-order chi connectivity index (χ0) is 7.56. The molecule has 0 atom stereocenters. The van der Waals surface area contributed by atoms with Gasteiger partial charge in [0.2, 0.25) is 6.33 Å². The lowest BCUT2D eigenvalue weighted by Crippen LogP contribution is -2.34. The van der Waals surface area contributed by atoms with E-state index in [1.165, 1.54) is 0 Å². The minimum atomic E-state index is 0.137. The topological polar surface area (TPSA) is 38.8 Å². The fourth-order valence-electron chi connectivity index (χ4n) is 0.761. The minimum absolute atomic E-state index is 0.137. The second-order valence-electron chi connectivity index (χ2n) is 2.29. The van der Waals surface area contributed by atoms with E-state index >= 15 is 0 Å². The van der Waals surface area contributed by atoms with Crippen LogP contribution in [0.2, 0.25) is 0 Å². The summed E-state index contributed by atoms with van der Waals surface area (Å²) in [6.07, 6.45) is 3.39. The summed E-state index contributed by atoms with van der Waals surface area (Å²) >= 11 is 0. The first kappa shape index (κ1) is 6.92. The van der Waals surface area contributed by atoms with Crippen LogP contribution in [0.3, 0.4) is 0 Å². The summed E-state index contributed by atoms with van der Waals surface area (Å²) < 4.78 is 3.39. The third-order valence-electron chi connectivity index (χ3n) is 1.10. The molecule has 0 unspecified atom stereocenters. The van der Waals surface area contributed by atoms with E-state index in [1.54, 1.807) is 28.8 Å². The van der Waals surface area contributed by atoms with E-state index in [-0.39, 0.29) is 5.78 Å². The van der Waals surface area contributed by atoms with Crippen LogP contribution in [-0.2, 0) is 18.4 Å². The van der Waals surface area contributed by atoms with Crippen molar-refractivity contribution in [2.24, 2.45) is 7.05 Å². The quantitative estimate of drug-likeness (QED) is 0.509. The van der Waals surface area contributed by atoms with Gasteiger partial charge in [0.05, 0.1) is 7.05 Å². The molecule has 1 rings (SSSR count). The van der Waals surface area contributed by atoms with Crippen LogP contribution in [-0.4, -0.2) is 15.6 Å². The molecule has 1 aromatic heterocycles. The van der Waals surface area contributed by atoms with Crippen LogP contribution in [0, 0.1) is 0 Å². The fraction of sp³-hybridized carbons (Fsp3) is 0.500. The molecule has 0 amide bonds. The van der Waals surface area contributed by atoms with E-state index in [2.05, 4.69) is 5.10 Å². The van der Waals surface area contributed by atoms with E-state index in [4.69, 9.17) is 0 Å². The lowest BCUT2D eigenvalue weighted by molar-refractivity contribution is -0.684. The highest BCUT2D eigenvalue weighted by Gasteiger charge is 2.02. The van der Waals surface area contributed by atoms with Gasteiger partial charge in [0.15, 0.2) is 5.78 Å². The Labute approximate surface area is 59.1 Å². The smallest absolute Gasteiger partial charge is 0.265 e. The lowest BCUT2D eigenvalue weighted by Gasteiger charge is -1.86. The van der Waals surface area contributed by atoms with Gasteiger partial charge < -0.3 is 0 Å². The number of hydrogen-bond donors (Lipinski definition) is 0. The van der Waals surface area contributed by atoms with Gasteiger partial charge in [-0.25, -0.2) is 4.57 Å². The summed E-state index contributed by atoms with van der Waals surface area (Å²) in [6, 6.07) is 0. The van der Waals surface area contributed by atoms with Gasteiger partial charge in [0.1, 0.15) is 6.54 Å². The first-order valence-electron chi connectivity index (χ1n) is 3.05. The molecular formula is C6H10N3O+. The van der Waals surface area contributed by atoms with E-state index in [0.717, 1.165) is 0 Å². The predicted octanol–water partition coefficient (Wildman–Crippen LogP) is -0.703. The monoisotopic (exact) mass is 140 g/mol. The summed E-state index contributed by atoms with van der Waals surface area (Å²) in [5.74, 6) is 0.137. The number of Topliss-reactive ketones (excluding diaryl/α,β-unsaturated/α-hetero) is 1. The molecule has 0 bridgehead atoms. The van der Waals surface area contributed by atoms with Crippen LogP contribution in [0.15, 0.2) is 12.7 Å². The van der Waals surface area contributed by atoms with Gasteiger partial charge in [0.25, 0.3) is 6.33 Å². The molecule has 0 aromatic carbocycles. The molecule has 54 valence electrons. The number of ketones is 1. The highest BCUT2D eigenvalue weighted by molar-refractivity contribution is 5.73. The summed E-state index contributed by atoms with van der Waals surface area (Å²) in [5, 5.41) is 3.90. The predicted molar refractivity (Wildman–Crippen MR) is 34.1 cm³/mol. The molecule has 10 heavy (non-hydrogen) atoms. The highest BCUT2D eigenvalue weighted by atomic mass is 16.1. The van der Waals surface area contributed by atoms with Crippen molar-refractivity contribution < 1.29 is 9.36 Å². The number of aromatic nitrogens is 3. The van der Waals surface area contributed by atoms with Gasteiger partial charge in [-0.1, -0.05) is 0 Å². The molecule has 0 N–H and O–H groups in total. The van der Waals surface area contributed by atoms with Crippen LogP contribution in [0.1, 0.15) is 6.92 Å². The maximum absolute atomic E-state index is 10.6. The standard InChI is InChI=1S/C6H10N3O/c1-6(10)3-9-4-7-8(2)5-9/h4-5H,3H2,1-2H3/q+1. The van der Waals surface area contributed by atoms with E-state index in [9.17, 15) is 4.79 Å². The maximum atomic E-state index is 10.6. The first-order valence-corrected chi connectivity index (χ1v) is 3.05. The van der Waals surface area contributed by atoms with Crippen molar-refractivity contribution in [2.75, 3.05) is 0 Å². The molecule has 0 saturated carbocycles. The van der Waals surface area contributed by atoms with Crippen LogP contribution < -0.4 is 4.57 Å². The molecule has 0 aliphatic carbocycles. The Bertz CT molecular complexity index is 241. The number of carbonyl (C=O) groups is 1. The van der Waals surface area contributed by atoms with Gasteiger partial charge in [-0.15, -0.1) is 4.68 Å². The Morgan fingerprint density at radius 2 is 2.50 bits per heavy atom. The third-order valence-corrected chi connectivity index (χ3v) is 1.10. The molecular weight excluding hydrogens is 130 g/mol. The average molecular weight is 140 g/mol. The summed E-state index contributed by atoms with van der Waals surface area (Å²) in [4.78, 5) is 10.6. The van der Waals surface area contributed by atoms with E-state index in [1.807, 2.05) is 7.05 Å². The molecule has 0 spiro atoms. The van der Waals surface area contributed by atoms with Crippen LogP contribution in [0.25, 0.3) is 0 Å². The summed E-state index contributed by atoms with van der Waals surface area (Å²) in [6.45, 7) is 1.97. The van der Waals surface area contributed by atoms with Crippen molar-refractivity contribution in [1.29, 1.82) is 0 Å². The molecule has 0 radical (unpaired) electrons. The first-order chi connectivity index (χ1) is 4.68. The largest absolute Gasteiger partial charge is 0.296 e. The van der Waals surface area contributed by atoms with Crippen molar-refractivity contribution in [2.45, 2.75) is 13.5 Å². The zero-order valence-corrected chi connectivity index (χ0v) is 6.11. The van der Waals surface area contributed by atoms with E-state index in [0.29, 0.717) is 6.54 Å². The number of carbonyl (C=O) groups excluding carboxylic acids is 1. The molecule has 4 heteroatoms. The lowest BCUT2D eigenvalue weighted by atomic mass is 10.4. The Morgan fingerprint density at radius 3 is 2.90 bits per heavy atom. The van der Waals surface area contributed by atoms with Crippen LogP contribution >= 0.6 is 0 Å². The maximum Gasteiger partial charge on any atom is 0.265 e. The number of aryl methyl sites for hydroxylation is 1. The molecule has 0 aliphatic heterocycles. The number of rotatable bonds is 2. The van der Waals surface area contributed by atoms with Gasteiger partial charge in [-0.2, -0.15) is 0 Å². The fourth-order valence-corrected chi connectivity index (χ4v) is 0.761.